The highest BCUT2D eigenvalue weighted by Crippen LogP contribution is 2.20. The van der Waals surface area contributed by atoms with Crippen LogP contribution in [-0.4, -0.2) is 62.8 Å². The van der Waals surface area contributed by atoms with Crippen LogP contribution in [0.4, 0.5) is 0 Å². The van der Waals surface area contributed by atoms with Crippen LogP contribution in [0.3, 0.4) is 0 Å². The SMILES string of the molecule is CCCCCCCCC=CCCCCCCC(CC(O)CO)C(=O)C(O)C(O)CO. The van der Waals surface area contributed by atoms with Crippen molar-refractivity contribution < 1.29 is 30.3 Å². The zero-order chi connectivity index (χ0) is 22.6. The lowest BCUT2D eigenvalue weighted by Gasteiger charge is -2.23. The van der Waals surface area contributed by atoms with E-state index < -0.39 is 43.2 Å². The van der Waals surface area contributed by atoms with E-state index in [4.69, 9.17) is 10.2 Å². The van der Waals surface area contributed by atoms with E-state index in [1.54, 1.807) is 0 Å². The summed E-state index contributed by atoms with van der Waals surface area (Å²) in [6, 6.07) is 0. The number of aliphatic hydroxyl groups excluding tert-OH is 5. The summed E-state index contributed by atoms with van der Waals surface area (Å²) in [7, 11) is 0. The van der Waals surface area contributed by atoms with E-state index in [1.165, 1.54) is 38.5 Å². The van der Waals surface area contributed by atoms with Gasteiger partial charge in [0.25, 0.3) is 0 Å². The highest BCUT2D eigenvalue weighted by molar-refractivity contribution is 5.85. The minimum atomic E-state index is -1.66. The number of carbonyl (C=O) groups is 1. The van der Waals surface area contributed by atoms with Gasteiger partial charge in [0.15, 0.2) is 5.78 Å². The molecule has 0 fully saturated rings. The van der Waals surface area contributed by atoms with E-state index in [-0.39, 0.29) is 6.42 Å². The van der Waals surface area contributed by atoms with Gasteiger partial charge >= 0.3 is 0 Å². The van der Waals surface area contributed by atoms with Crippen molar-refractivity contribution in [2.24, 2.45) is 5.92 Å². The predicted molar refractivity (Wildman–Crippen MR) is 120 cm³/mol. The van der Waals surface area contributed by atoms with E-state index >= 15 is 0 Å². The van der Waals surface area contributed by atoms with Crippen molar-refractivity contribution in [1.29, 1.82) is 0 Å². The summed E-state index contributed by atoms with van der Waals surface area (Å²) in [6.07, 6.45) is 14.8. The van der Waals surface area contributed by atoms with Crippen LogP contribution in [0.25, 0.3) is 0 Å². The Hall–Kier alpha value is -0.790. The van der Waals surface area contributed by atoms with Crippen molar-refractivity contribution in [1.82, 2.24) is 0 Å². The molecule has 6 nitrogen and oxygen atoms in total. The zero-order valence-electron chi connectivity index (χ0n) is 18.9. The quantitative estimate of drug-likeness (QED) is 0.141. The number of hydrogen-bond donors (Lipinski definition) is 5. The number of carbonyl (C=O) groups excluding carboxylic acids is 1. The molecule has 0 aromatic carbocycles. The van der Waals surface area contributed by atoms with Crippen LogP contribution in [0.2, 0.25) is 0 Å². The molecule has 30 heavy (non-hydrogen) atoms. The Balaban J connectivity index is 3.97. The normalized spacial score (nSPS) is 15.9. The van der Waals surface area contributed by atoms with Crippen molar-refractivity contribution in [3.63, 3.8) is 0 Å². The predicted octanol–water partition coefficient (Wildman–Crippen LogP) is 3.28. The Morgan fingerprint density at radius 2 is 1.30 bits per heavy atom. The van der Waals surface area contributed by atoms with E-state index in [2.05, 4.69) is 19.1 Å². The number of hydrogen-bond acceptors (Lipinski definition) is 6. The Morgan fingerprint density at radius 1 is 0.767 bits per heavy atom. The molecule has 0 bridgehead atoms. The number of allylic oxidation sites excluding steroid dienone is 2. The van der Waals surface area contributed by atoms with Gasteiger partial charge in [-0.25, -0.2) is 0 Å². The molecular weight excluding hydrogens is 384 g/mol. The molecule has 5 N–H and O–H groups in total. The highest BCUT2D eigenvalue weighted by Gasteiger charge is 2.31. The third kappa shape index (κ3) is 15.1. The standard InChI is InChI=1S/C24H46O6/c1-2-3-4-5-6-7-8-9-10-11-12-13-14-15-16-20(17-21(27)18-25)23(29)24(30)22(28)19-26/h9-10,20-22,24-28,30H,2-8,11-19H2,1H3. The van der Waals surface area contributed by atoms with Gasteiger partial charge in [-0.2, -0.15) is 0 Å². The van der Waals surface area contributed by atoms with Crippen molar-refractivity contribution in [2.45, 2.75) is 115 Å². The molecule has 4 unspecified atom stereocenters. The maximum atomic E-state index is 12.3. The molecule has 0 rings (SSSR count). The fraction of sp³-hybridized carbons (Fsp3) is 0.875. The summed E-state index contributed by atoms with van der Waals surface area (Å²) >= 11 is 0. The maximum absolute atomic E-state index is 12.3. The fourth-order valence-electron chi connectivity index (χ4n) is 3.59. The first-order chi connectivity index (χ1) is 14.5. The van der Waals surface area contributed by atoms with Gasteiger partial charge in [-0.1, -0.05) is 70.4 Å². The van der Waals surface area contributed by atoms with Crippen LogP contribution in [0, 0.1) is 5.92 Å². The molecule has 0 spiro atoms. The van der Waals surface area contributed by atoms with Crippen LogP contribution in [0.5, 0.6) is 0 Å². The second-order valence-electron chi connectivity index (χ2n) is 8.39. The first kappa shape index (κ1) is 29.2. The first-order valence-corrected chi connectivity index (χ1v) is 11.9. The van der Waals surface area contributed by atoms with Gasteiger partial charge in [0.05, 0.1) is 19.3 Å². The summed E-state index contributed by atoms with van der Waals surface area (Å²) in [6.45, 7) is 1.08. The minimum absolute atomic E-state index is 0.0473. The second-order valence-corrected chi connectivity index (χ2v) is 8.39. The molecule has 178 valence electrons. The largest absolute Gasteiger partial charge is 0.394 e. The monoisotopic (exact) mass is 430 g/mol. The Labute approximate surface area is 183 Å². The number of Topliss-reactive ketones (excluding diaryl/α,β-unsaturated/α-hetero) is 1. The first-order valence-electron chi connectivity index (χ1n) is 11.9. The molecule has 0 aliphatic carbocycles. The molecule has 0 saturated carbocycles. The van der Waals surface area contributed by atoms with Crippen LogP contribution in [0.15, 0.2) is 12.2 Å². The molecule has 0 aromatic rings. The smallest absolute Gasteiger partial charge is 0.167 e. The molecule has 0 radical (unpaired) electrons. The molecule has 0 heterocycles. The number of aliphatic hydroxyl groups is 5. The molecule has 6 heteroatoms. The van der Waals surface area contributed by atoms with Crippen LogP contribution in [0.1, 0.15) is 96.8 Å². The van der Waals surface area contributed by atoms with Gasteiger partial charge in [0, 0.05) is 5.92 Å². The van der Waals surface area contributed by atoms with Gasteiger partial charge in [-0.05, 0) is 38.5 Å². The number of unbranched alkanes of at least 4 members (excludes halogenated alkanes) is 10. The van der Waals surface area contributed by atoms with Crippen molar-refractivity contribution in [3.8, 4) is 0 Å². The van der Waals surface area contributed by atoms with Crippen molar-refractivity contribution in [2.75, 3.05) is 13.2 Å². The summed E-state index contributed by atoms with van der Waals surface area (Å²) < 4.78 is 0. The molecule has 0 aliphatic rings. The average Bonchev–Trinajstić information content (AvgIpc) is 2.76. The van der Waals surface area contributed by atoms with Crippen LogP contribution in [-0.2, 0) is 4.79 Å². The summed E-state index contributed by atoms with van der Waals surface area (Å²) in [4.78, 5) is 12.3. The van der Waals surface area contributed by atoms with Crippen molar-refractivity contribution >= 4 is 5.78 Å². The van der Waals surface area contributed by atoms with Crippen molar-refractivity contribution in [3.05, 3.63) is 12.2 Å². The van der Waals surface area contributed by atoms with Crippen LogP contribution < -0.4 is 0 Å². The van der Waals surface area contributed by atoms with E-state index in [0.29, 0.717) is 6.42 Å². The van der Waals surface area contributed by atoms with E-state index in [9.17, 15) is 20.1 Å². The second kappa shape index (κ2) is 20.1. The highest BCUT2D eigenvalue weighted by atomic mass is 16.4. The van der Waals surface area contributed by atoms with Crippen LogP contribution >= 0.6 is 0 Å². The van der Waals surface area contributed by atoms with Gasteiger partial charge in [0.2, 0.25) is 0 Å². The Bertz CT molecular complexity index is 426. The molecular formula is C24H46O6. The zero-order valence-corrected chi connectivity index (χ0v) is 18.9. The molecule has 0 aliphatic heterocycles. The summed E-state index contributed by atoms with van der Waals surface area (Å²) in [5.41, 5.74) is 0. The molecule has 0 aromatic heterocycles. The summed E-state index contributed by atoms with van der Waals surface area (Å²) in [5, 5.41) is 47.0. The topological polar surface area (TPSA) is 118 Å². The van der Waals surface area contributed by atoms with Gasteiger partial charge < -0.3 is 25.5 Å². The lowest BCUT2D eigenvalue weighted by Crippen LogP contribution is -2.41. The third-order valence-corrected chi connectivity index (χ3v) is 5.58. The Kier molecular flexibility index (Phi) is 19.6. The fourth-order valence-corrected chi connectivity index (χ4v) is 3.59. The van der Waals surface area contributed by atoms with Gasteiger partial charge in [0.1, 0.15) is 12.2 Å². The average molecular weight is 431 g/mol. The van der Waals surface area contributed by atoms with Gasteiger partial charge in [-0.3, -0.25) is 4.79 Å². The van der Waals surface area contributed by atoms with Gasteiger partial charge in [-0.15, -0.1) is 0 Å². The lowest BCUT2D eigenvalue weighted by molar-refractivity contribution is -0.140. The van der Waals surface area contributed by atoms with E-state index in [0.717, 1.165) is 38.5 Å². The number of rotatable bonds is 21. The molecule has 4 atom stereocenters. The maximum Gasteiger partial charge on any atom is 0.167 e. The molecule has 0 amide bonds. The van der Waals surface area contributed by atoms with E-state index in [1.807, 2.05) is 0 Å². The lowest BCUT2D eigenvalue weighted by atomic mass is 9.87. The Morgan fingerprint density at radius 3 is 1.83 bits per heavy atom. The number of ketones is 1. The summed E-state index contributed by atoms with van der Waals surface area (Å²) in [5.74, 6) is -1.22. The molecule has 0 saturated heterocycles. The minimum Gasteiger partial charge on any atom is -0.394 e. The third-order valence-electron chi connectivity index (χ3n) is 5.58.